The van der Waals surface area contributed by atoms with Crippen molar-refractivity contribution >= 4 is 10.0 Å². The van der Waals surface area contributed by atoms with E-state index in [2.05, 4.69) is 4.72 Å². The number of fused-ring (bicyclic) bond motifs is 1. The van der Waals surface area contributed by atoms with Gasteiger partial charge < -0.3 is 10.5 Å². The van der Waals surface area contributed by atoms with Gasteiger partial charge in [0.25, 0.3) is 0 Å². The fourth-order valence-corrected chi connectivity index (χ4v) is 4.59. The van der Waals surface area contributed by atoms with Gasteiger partial charge in [-0.1, -0.05) is 12.8 Å². The third-order valence-electron chi connectivity index (χ3n) is 4.27. The maximum absolute atomic E-state index is 12.5. The molecule has 1 aromatic rings. The third-order valence-corrected chi connectivity index (χ3v) is 5.85. The summed E-state index contributed by atoms with van der Waals surface area (Å²) in [5.41, 5.74) is 6.29. The molecule has 1 heterocycles. The highest BCUT2D eigenvalue weighted by molar-refractivity contribution is 7.89. The molecule has 0 aromatic heterocycles. The molecule has 1 aliphatic heterocycles. The van der Waals surface area contributed by atoms with Crippen LogP contribution in [-0.4, -0.2) is 27.1 Å². The minimum Gasteiger partial charge on any atom is -0.493 e. The molecule has 6 heteroatoms. The van der Waals surface area contributed by atoms with E-state index in [1.807, 2.05) is 0 Å². The zero-order valence-electron chi connectivity index (χ0n) is 11.4. The molecule has 20 heavy (non-hydrogen) atoms. The SMILES string of the molecule is NCC1(NS(=O)(=O)c2ccc3c(c2)CCO3)CCCC1. The Morgan fingerprint density at radius 2 is 2.05 bits per heavy atom. The van der Waals surface area contributed by atoms with Gasteiger partial charge in [0.1, 0.15) is 5.75 Å². The van der Waals surface area contributed by atoms with Crippen molar-refractivity contribution in [2.75, 3.05) is 13.2 Å². The van der Waals surface area contributed by atoms with E-state index >= 15 is 0 Å². The van der Waals surface area contributed by atoms with Crippen LogP contribution in [-0.2, 0) is 16.4 Å². The average Bonchev–Trinajstić information content (AvgIpc) is 3.06. The molecular formula is C14H20N2O3S. The molecule has 0 radical (unpaired) electrons. The monoisotopic (exact) mass is 296 g/mol. The van der Waals surface area contributed by atoms with Crippen LogP contribution in [0.3, 0.4) is 0 Å². The van der Waals surface area contributed by atoms with Gasteiger partial charge in [0.15, 0.2) is 0 Å². The van der Waals surface area contributed by atoms with Gasteiger partial charge in [-0.05, 0) is 36.6 Å². The predicted octanol–water partition coefficient (Wildman–Crippen LogP) is 1.17. The number of nitrogens with two attached hydrogens (primary N) is 1. The Labute approximate surface area is 119 Å². The summed E-state index contributed by atoms with van der Waals surface area (Å²) in [5, 5.41) is 0. The van der Waals surface area contributed by atoms with Crippen LogP contribution in [0, 0.1) is 0 Å². The van der Waals surface area contributed by atoms with E-state index in [0.717, 1.165) is 43.4 Å². The van der Waals surface area contributed by atoms with Crippen LogP contribution in [0.4, 0.5) is 0 Å². The van der Waals surface area contributed by atoms with Gasteiger partial charge >= 0.3 is 0 Å². The highest BCUT2D eigenvalue weighted by Gasteiger charge is 2.37. The topological polar surface area (TPSA) is 81.4 Å². The molecule has 5 nitrogen and oxygen atoms in total. The van der Waals surface area contributed by atoms with E-state index in [1.165, 1.54) is 0 Å². The van der Waals surface area contributed by atoms with Crippen molar-refractivity contribution in [3.05, 3.63) is 23.8 Å². The molecule has 1 aliphatic carbocycles. The summed E-state index contributed by atoms with van der Waals surface area (Å²) in [6, 6.07) is 5.05. The Balaban J connectivity index is 1.88. The van der Waals surface area contributed by atoms with Crippen LogP contribution < -0.4 is 15.2 Å². The summed E-state index contributed by atoms with van der Waals surface area (Å²) in [4.78, 5) is 0.307. The summed E-state index contributed by atoms with van der Waals surface area (Å²) in [7, 11) is -3.52. The quantitative estimate of drug-likeness (QED) is 0.874. The van der Waals surface area contributed by atoms with Crippen LogP contribution >= 0.6 is 0 Å². The van der Waals surface area contributed by atoms with E-state index in [-0.39, 0.29) is 0 Å². The molecule has 0 saturated heterocycles. The van der Waals surface area contributed by atoms with E-state index in [1.54, 1.807) is 18.2 Å². The molecule has 3 N–H and O–H groups in total. The van der Waals surface area contributed by atoms with Crippen molar-refractivity contribution in [3.8, 4) is 5.75 Å². The Kier molecular flexibility index (Phi) is 3.48. The lowest BCUT2D eigenvalue weighted by molar-refractivity contribution is 0.356. The first kappa shape index (κ1) is 13.9. The third kappa shape index (κ3) is 2.43. The maximum atomic E-state index is 12.5. The van der Waals surface area contributed by atoms with Crippen molar-refractivity contribution in [1.29, 1.82) is 0 Å². The highest BCUT2D eigenvalue weighted by atomic mass is 32.2. The molecule has 2 aliphatic rings. The summed E-state index contributed by atoms with van der Waals surface area (Å²) >= 11 is 0. The summed E-state index contributed by atoms with van der Waals surface area (Å²) in [6.07, 6.45) is 4.45. The Morgan fingerprint density at radius 3 is 2.75 bits per heavy atom. The first-order valence-corrected chi connectivity index (χ1v) is 8.53. The molecule has 1 aromatic carbocycles. The van der Waals surface area contributed by atoms with E-state index < -0.39 is 15.6 Å². The molecule has 0 spiro atoms. The highest BCUT2D eigenvalue weighted by Crippen LogP contribution is 2.32. The minimum absolute atomic E-state index is 0.307. The van der Waals surface area contributed by atoms with Gasteiger partial charge in [-0.25, -0.2) is 13.1 Å². The normalized spacial score (nSPS) is 20.6. The van der Waals surface area contributed by atoms with Gasteiger partial charge in [0.2, 0.25) is 10.0 Å². The number of hydrogen-bond acceptors (Lipinski definition) is 4. The molecule has 0 bridgehead atoms. The van der Waals surface area contributed by atoms with Crippen molar-refractivity contribution < 1.29 is 13.2 Å². The number of ether oxygens (including phenoxy) is 1. The number of sulfonamides is 1. The van der Waals surface area contributed by atoms with Crippen LogP contribution in [0.15, 0.2) is 23.1 Å². The fraction of sp³-hybridized carbons (Fsp3) is 0.571. The van der Waals surface area contributed by atoms with Crippen LogP contribution in [0.25, 0.3) is 0 Å². The summed E-state index contributed by atoms with van der Waals surface area (Å²) in [6.45, 7) is 0.972. The first-order chi connectivity index (χ1) is 9.55. The second-order valence-corrected chi connectivity index (χ2v) is 7.35. The van der Waals surface area contributed by atoms with Gasteiger partial charge in [0, 0.05) is 18.5 Å². The molecule has 110 valence electrons. The lowest BCUT2D eigenvalue weighted by Gasteiger charge is -2.28. The summed E-state index contributed by atoms with van der Waals surface area (Å²) in [5.74, 6) is 0.790. The zero-order chi connectivity index (χ0) is 14.2. The average molecular weight is 296 g/mol. The Morgan fingerprint density at radius 1 is 1.30 bits per heavy atom. The molecule has 0 amide bonds. The standard InChI is InChI=1S/C14H20N2O3S/c15-10-14(6-1-2-7-14)16-20(17,18)12-3-4-13-11(9-12)5-8-19-13/h3-4,9,16H,1-2,5-8,10,15H2. The van der Waals surface area contributed by atoms with Crippen molar-refractivity contribution in [3.63, 3.8) is 0 Å². The minimum atomic E-state index is -3.52. The lowest BCUT2D eigenvalue weighted by Crippen LogP contribution is -2.51. The Bertz CT molecular complexity index is 607. The van der Waals surface area contributed by atoms with Gasteiger partial charge in [-0.15, -0.1) is 0 Å². The molecule has 3 rings (SSSR count). The fourth-order valence-electron chi connectivity index (χ4n) is 3.07. The number of hydrogen-bond donors (Lipinski definition) is 2. The maximum Gasteiger partial charge on any atom is 0.241 e. The zero-order valence-corrected chi connectivity index (χ0v) is 12.2. The first-order valence-electron chi connectivity index (χ1n) is 7.04. The second-order valence-electron chi connectivity index (χ2n) is 5.67. The second kappa shape index (κ2) is 5.02. The number of nitrogens with one attached hydrogen (secondary N) is 1. The van der Waals surface area contributed by atoms with E-state index in [0.29, 0.717) is 18.0 Å². The summed E-state index contributed by atoms with van der Waals surface area (Å²) < 4.78 is 33.3. The largest absolute Gasteiger partial charge is 0.493 e. The molecule has 1 fully saturated rings. The predicted molar refractivity (Wildman–Crippen MR) is 76.2 cm³/mol. The van der Waals surface area contributed by atoms with Gasteiger partial charge in [0.05, 0.1) is 11.5 Å². The van der Waals surface area contributed by atoms with Gasteiger partial charge in [-0.2, -0.15) is 0 Å². The van der Waals surface area contributed by atoms with Crippen LogP contribution in [0.2, 0.25) is 0 Å². The molecule has 0 atom stereocenters. The van der Waals surface area contributed by atoms with Crippen molar-refractivity contribution in [2.24, 2.45) is 5.73 Å². The van der Waals surface area contributed by atoms with Crippen molar-refractivity contribution in [1.82, 2.24) is 4.72 Å². The smallest absolute Gasteiger partial charge is 0.241 e. The Hall–Kier alpha value is -1.11. The molecule has 0 unspecified atom stereocenters. The number of rotatable bonds is 4. The van der Waals surface area contributed by atoms with E-state index in [4.69, 9.17) is 10.5 Å². The van der Waals surface area contributed by atoms with Crippen LogP contribution in [0.5, 0.6) is 5.75 Å². The number of benzene rings is 1. The van der Waals surface area contributed by atoms with E-state index in [9.17, 15) is 8.42 Å². The van der Waals surface area contributed by atoms with Gasteiger partial charge in [-0.3, -0.25) is 0 Å². The molecular weight excluding hydrogens is 276 g/mol. The molecule has 1 saturated carbocycles. The lowest BCUT2D eigenvalue weighted by atomic mass is 10.0. The van der Waals surface area contributed by atoms with Crippen LogP contribution in [0.1, 0.15) is 31.2 Å². The van der Waals surface area contributed by atoms with Crippen molar-refractivity contribution in [2.45, 2.75) is 42.5 Å².